The second-order valence-electron chi connectivity index (χ2n) is 4.92. The molecular weight excluding hydrogens is 184 g/mol. The predicted octanol–water partition coefficient (Wildman–Crippen LogP) is 2.76. The molecule has 15 heavy (non-hydrogen) atoms. The molecule has 0 bridgehead atoms. The van der Waals surface area contributed by atoms with Gasteiger partial charge in [-0.25, -0.2) is 0 Å². The summed E-state index contributed by atoms with van der Waals surface area (Å²) >= 11 is 0. The first kappa shape index (κ1) is 9.17. The van der Waals surface area contributed by atoms with Crippen LogP contribution in [0.2, 0.25) is 0 Å². The van der Waals surface area contributed by atoms with Crippen LogP contribution in [0.1, 0.15) is 19.3 Å². The summed E-state index contributed by atoms with van der Waals surface area (Å²) in [7, 11) is 0. The molecule has 0 radical (unpaired) electrons. The van der Waals surface area contributed by atoms with Gasteiger partial charge in [-0.2, -0.15) is 0 Å². The fourth-order valence-electron chi connectivity index (χ4n) is 3.24. The van der Waals surface area contributed by atoms with Crippen LogP contribution in [0, 0.1) is 10.8 Å². The zero-order chi connectivity index (χ0) is 10.4. The maximum absolute atomic E-state index is 9.81. The standard InChI is InChI=1S/C14H16O/c15-12-5-10-13-6-1-3-8-14(13,11-12)9-4-2-7-13/h1-6,8,10,12,15H,7,9,11H2/t12-,13+,14-/m1/s1. The fourth-order valence-corrected chi connectivity index (χ4v) is 3.24. The molecule has 3 rings (SSSR count). The van der Waals surface area contributed by atoms with E-state index in [4.69, 9.17) is 0 Å². The third-order valence-corrected chi connectivity index (χ3v) is 4.14. The van der Waals surface area contributed by atoms with E-state index < -0.39 is 0 Å². The highest BCUT2D eigenvalue weighted by Gasteiger charge is 2.49. The summed E-state index contributed by atoms with van der Waals surface area (Å²) in [4.78, 5) is 0. The van der Waals surface area contributed by atoms with Crippen LogP contribution in [0.3, 0.4) is 0 Å². The molecule has 1 nitrogen and oxygen atoms in total. The lowest BCUT2D eigenvalue weighted by atomic mass is 9.52. The van der Waals surface area contributed by atoms with Gasteiger partial charge in [0.15, 0.2) is 0 Å². The zero-order valence-corrected chi connectivity index (χ0v) is 8.76. The number of allylic oxidation sites excluding steroid dienone is 7. The molecule has 0 saturated heterocycles. The summed E-state index contributed by atoms with van der Waals surface area (Å²) in [6.45, 7) is 0. The van der Waals surface area contributed by atoms with Gasteiger partial charge in [-0.05, 0) is 19.3 Å². The molecule has 0 fully saturated rings. The van der Waals surface area contributed by atoms with E-state index in [1.54, 1.807) is 0 Å². The molecule has 0 aromatic heterocycles. The van der Waals surface area contributed by atoms with Crippen LogP contribution >= 0.6 is 0 Å². The molecule has 3 aliphatic rings. The van der Waals surface area contributed by atoms with Gasteiger partial charge in [-0.3, -0.25) is 0 Å². The second kappa shape index (κ2) is 2.96. The number of hydrogen-bond donors (Lipinski definition) is 1. The van der Waals surface area contributed by atoms with Gasteiger partial charge in [0.25, 0.3) is 0 Å². The van der Waals surface area contributed by atoms with E-state index in [0.29, 0.717) is 0 Å². The van der Waals surface area contributed by atoms with Crippen LogP contribution in [0.5, 0.6) is 0 Å². The highest BCUT2D eigenvalue weighted by atomic mass is 16.3. The van der Waals surface area contributed by atoms with Gasteiger partial charge in [0.1, 0.15) is 0 Å². The summed E-state index contributed by atoms with van der Waals surface area (Å²) in [5.41, 5.74) is 0.264. The van der Waals surface area contributed by atoms with Crippen LogP contribution in [-0.4, -0.2) is 11.2 Å². The molecule has 0 aromatic carbocycles. The Kier molecular flexibility index (Phi) is 1.81. The molecule has 78 valence electrons. The minimum atomic E-state index is -0.277. The molecule has 0 aromatic rings. The molecule has 1 heteroatoms. The van der Waals surface area contributed by atoms with E-state index in [0.717, 1.165) is 19.3 Å². The van der Waals surface area contributed by atoms with E-state index >= 15 is 0 Å². The lowest BCUT2D eigenvalue weighted by Gasteiger charge is -2.52. The van der Waals surface area contributed by atoms with Crippen molar-refractivity contribution in [2.24, 2.45) is 10.8 Å². The van der Waals surface area contributed by atoms with Gasteiger partial charge in [0, 0.05) is 10.8 Å². The van der Waals surface area contributed by atoms with Crippen molar-refractivity contribution in [2.45, 2.75) is 25.4 Å². The molecule has 1 N–H and O–H groups in total. The number of aliphatic hydroxyl groups is 1. The van der Waals surface area contributed by atoms with Crippen LogP contribution in [0.25, 0.3) is 0 Å². The van der Waals surface area contributed by atoms with Crippen LogP contribution in [-0.2, 0) is 0 Å². The molecule has 0 aliphatic heterocycles. The van der Waals surface area contributed by atoms with E-state index in [2.05, 4.69) is 42.5 Å². The molecule has 3 atom stereocenters. The Labute approximate surface area is 90.5 Å². The third kappa shape index (κ3) is 1.13. The largest absolute Gasteiger partial charge is 0.389 e. The van der Waals surface area contributed by atoms with Crippen molar-refractivity contribution in [3.63, 3.8) is 0 Å². The van der Waals surface area contributed by atoms with Crippen LogP contribution in [0.15, 0.2) is 48.6 Å². The van der Waals surface area contributed by atoms with Crippen molar-refractivity contribution < 1.29 is 5.11 Å². The number of hydrogen-bond acceptors (Lipinski definition) is 1. The molecule has 0 spiro atoms. The lowest BCUT2D eigenvalue weighted by Crippen LogP contribution is -2.45. The smallest absolute Gasteiger partial charge is 0.0730 e. The average molecular weight is 200 g/mol. The number of aliphatic hydroxyl groups excluding tert-OH is 1. The molecule has 0 amide bonds. The normalized spacial score (nSPS) is 46.3. The summed E-state index contributed by atoms with van der Waals surface area (Å²) in [6, 6.07) is 0. The molecule has 3 aliphatic carbocycles. The first-order valence-corrected chi connectivity index (χ1v) is 5.66. The Morgan fingerprint density at radius 2 is 1.80 bits per heavy atom. The van der Waals surface area contributed by atoms with Crippen molar-refractivity contribution in [3.05, 3.63) is 48.6 Å². The van der Waals surface area contributed by atoms with Crippen molar-refractivity contribution in [2.75, 3.05) is 0 Å². The highest BCUT2D eigenvalue weighted by molar-refractivity contribution is 5.37. The van der Waals surface area contributed by atoms with Crippen molar-refractivity contribution in [1.29, 1.82) is 0 Å². The molecule has 0 saturated carbocycles. The van der Waals surface area contributed by atoms with Gasteiger partial charge in [-0.1, -0.05) is 48.6 Å². The Hall–Kier alpha value is -1.08. The van der Waals surface area contributed by atoms with E-state index in [1.807, 2.05) is 6.08 Å². The lowest BCUT2D eigenvalue weighted by molar-refractivity contribution is 0.0774. The van der Waals surface area contributed by atoms with Gasteiger partial charge in [0.05, 0.1) is 6.10 Å². The quantitative estimate of drug-likeness (QED) is 0.596. The monoisotopic (exact) mass is 200 g/mol. The molecule has 0 unspecified atom stereocenters. The summed E-state index contributed by atoms with van der Waals surface area (Å²) in [5, 5.41) is 9.81. The minimum absolute atomic E-state index is 0.130. The maximum Gasteiger partial charge on any atom is 0.0730 e. The van der Waals surface area contributed by atoms with Crippen molar-refractivity contribution >= 4 is 0 Å². The van der Waals surface area contributed by atoms with Crippen molar-refractivity contribution in [1.82, 2.24) is 0 Å². The zero-order valence-electron chi connectivity index (χ0n) is 8.76. The minimum Gasteiger partial charge on any atom is -0.389 e. The Bertz CT molecular complexity index is 388. The topological polar surface area (TPSA) is 20.2 Å². The highest BCUT2D eigenvalue weighted by Crippen LogP contribution is 2.57. The number of rotatable bonds is 0. The summed E-state index contributed by atoms with van der Waals surface area (Å²) in [6.07, 6.45) is 20.3. The maximum atomic E-state index is 9.81. The summed E-state index contributed by atoms with van der Waals surface area (Å²) < 4.78 is 0. The summed E-state index contributed by atoms with van der Waals surface area (Å²) in [5.74, 6) is 0. The van der Waals surface area contributed by atoms with Crippen molar-refractivity contribution in [3.8, 4) is 0 Å². The Morgan fingerprint density at radius 1 is 1.00 bits per heavy atom. The van der Waals surface area contributed by atoms with Gasteiger partial charge in [-0.15, -0.1) is 0 Å². The van der Waals surface area contributed by atoms with E-state index in [-0.39, 0.29) is 16.9 Å². The first-order chi connectivity index (χ1) is 7.27. The average Bonchev–Trinajstić information content (AvgIpc) is 2.27. The van der Waals surface area contributed by atoms with Crippen LogP contribution < -0.4 is 0 Å². The van der Waals surface area contributed by atoms with Gasteiger partial charge in [0.2, 0.25) is 0 Å². The van der Waals surface area contributed by atoms with Gasteiger partial charge < -0.3 is 5.11 Å². The van der Waals surface area contributed by atoms with E-state index in [9.17, 15) is 5.11 Å². The Morgan fingerprint density at radius 3 is 2.73 bits per heavy atom. The molecular formula is C14H16O. The second-order valence-corrected chi connectivity index (χ2v) is 4.92. The fraction of sp³-hybridized carbons (Fsp3) is 0.429. The predicted molar refractivity (Wildman–Crippen MR) is 61.3 cm³/mol. The van der Waals surface area contributed by atoms with Crippen LogP contribution in [0.4, 0.5) is 0 Å². The Balaban J connectivity index is 2.15. The van der Waals surface area contributed by atoms with Gasteiger partial charge >= 0.3 is 0 Å². The SMILES string of the molecule is O[C@@H]1C=C[C@@]23C=CC=C[C@@]2(CC=CC3)C1. The van der Waals surface area contributed by atoms with E-state index in [1.165, 1.54) is 0 Å². The third-order valence-electron chi connectivity index (χ3n) is 4.14. The molecule has 0 heterocycles. The first-order valence-electron chi connectivity index (χ1n) is 5.66.